The lowest BCUT2D eigenvalue weighted by Crippen LogP contribution is -2.36. The van der Waals surface area contributed by atoms with Gasteiger partial charge in [0.15, 0.2) is 0 Å². The normalized spacial score (nSPS) is 20.2. The van der Waals surface area contributed by atoms with E-state index in [1.54, 1.807) is 0 Å². The third kappa shape index (κ3) is 4.47. The van der Waals surface area contributed by atoms with Crippen molar-refractivity contribution in [2.75, 3.05) is 6.54 Å². The van der Waals surface area contributed by atoms with Crippen LogP contribution in [0.5, 0.6) is 0 Å². The molecule has 0 saturated heterocycles. The Kier molecular flexibility index (Phi) is 3.55. The molecule has 0 unspecified atom stereocenters. The Labute approximate surface area is 82.6 Å². The second-order valence-corrected chi connectivity index (χ2v) is 5.31. The topological polar surface area (TPSA) is 12.0 Å². The van der Waals surface area contributed by atoms with Crippen LogP contribution in [0, 0.1) is 5.92 Å². The zero-order chi connectivity index (χ0) is 9.90. The van der Waals surface area contributed by atoms with Crippen LogP contribution in [0.1, 0.15) is 47.0 Å². The average Bonchev–Trinajstić information content (AvgIpc) is 1.91. The molecule has 1 heteroatoms. The van der Waals surface area contributed by atoms with Gasteiger partial charge in [0, 0.05) is 12.1 Å². The second kappa shape index (κ2) is 4.28. The molecule has 0 bridgehead atoms. The summed E-state index contributed by atoms with van der Waals surface area (Å²) in [4.78, 5) is 0. The van der Waals surface area contributed by atoms with Gasteiger partial charge in [-0.05, 0) is 46.5 Å². The van der Waals surface area contributed by atoms with Crippen molar-refractivity contribution >= 4 is 0 Å². The summed E-state index contributed by atoms with van der Waals surface area (Å²) in [6, 6.07) is 0. The van der Waals surface area contributed by atoms with Crippen molar-refractivity contribution in [3.05, 3.63) is 11.6 Å². The molecule has 0 radical (unpaired) electrons. The first-order chi connectivity index (χ1) is 5.97. The molecule has 76 valence electrons. The first-order valence-corrected chi connectivity index (χ1v) is 5.40. The van der Waals surface area contributed by atoms with E-state index in [1.807, 2.05) is 0 Å². The highest BCUT2D eigenvalue weighted by molar-refractivity contribution is 5.05. The minimum absolute atomic E-state index is 0.245. The molecule has 1 nitrogen and oxygen atoms in total. The summed E-state index contributed by atoms with van der Waals surface area (Å²) in [7, 11) is 0. The Bertz CT molecular complexity index is 182. The van der Waals surface area contributed by atoms with Gasteiger partial charge < -0.3 is 5.32 Å². The van der Waals surface area contributed by atoms with Gasteiger partial charge in [-0.2, -0.15) is 0 Å². The van der Waals surface area contributed by atoms with Crippen molar-refractivity contribution in [3.63, 3.8) is 0 Å². The molecule has 0 heterocycles. The number of nitrogens with one attached hydrogen (secondary N) is 1. The van der Waals surface area contributed by atoms with Crippen molar-refractivity contribution in [1.82, 2.24) is 5.32 Å². The van der Waals surface area contributed by atoms with E-state index in [0.717, 1.165) is 12.5 Å². The Hall–Kier alpha value is -0.300. The fourth-order valence-electron chi connectivity index (χ4n) is 1.47. The van der Waals surface area contributed by atoms with Crippen molar-refractivity contribution in [3.8, 4) is 0 Å². The van der Waals surface area contributed by atoms with Crippen LogP contribution in [-0.4, -0.2) is 12.1 Å². The fraction of sp³-hybridized carbons (Fsp3) is 0.833. The predicted octanol–water partition coefficient (Wildman–Crippen LogP) is 3.12. The predicted molar refractivity (Wildman–Crippen MR) is 58.9 cm³/mol. The molecule has 1 aliphatic rings. The molecule has 1 rings (SSSR count). The van der Waals surface area contributed by atoms with Crippen LogP contribution in [0.4, 0.5) is 0 Å². The lowest BCUT2D eigenvalue weighted by molar-refractivity contribution is 0.383. The first-order valence-electron chi connectivity index (χ1n) is 5.40. The maximum absolute atomic E-state index is 3.51. The number of hydrogen-bond acceptors (Lipinski definition) is 1. The minimum Gasteiger partial charge on any atom is -0.308 e. The smallest absolute Gasteiger partial charge is 0.0166 e. The van der Waals surface area contributed by atoms with Crippen LogP contribution >= 0.6 is 0 Å². The second-order valence-electron chi connectivity index (χ2n) is 5.31. The molecule has 1 saturated carbocycles. The summed E-state index contributed by atoms with van der Waals surface area (Å²) in [5.41, 5.74) is 1.74. The zero-order valence-corrected chi connectivity index (χ0v) is 9.48. The summed E-state index contributed by atoms with van der Waals surface area (Å²) < 4.78 is 0. The molecule has 0 aromatic rings. The third-order valence-electron chi connectivity index (χ3n) is 2.57. The lowest BCUT2D eigenvalue weighted by Gasteiger charge is -2.24. The van der Waals surface area contributed by atoms with Crippen LogP contribution in [-0.2, 0) is 0 Å². The van der Waals surface area contributed by atoms with E-state index in [4.69, 9.17) is 0 Å². The van der Waals surface area contributed by atoms with Crippen LogP contribution in [0.2, 0.25) is 0 Å². The average molecular weight is 181 g/mol. The molecule has 0 amide bonds. The SMILES string of the molecule is CC(=CC1CCC1)CNC(C)(C)C. The molecular weight excluding hydrogens is 158 g/mol. The van der Waals surface area contributed by atoms with Gasteiger partial charge in [0.25, 0.3) is 0 Å². The highest BCUT2D eigenvalue weighted by Gasteiger charge is 2.15. The molecule has 1 N–H and O–H groups in total. The first kappa shape index (κ1) is 10.8. The van der Waals surface area contributed by atoms with Crippen LogP contribution in [0.15, 0.2) is 11.6 Å². The van der Waals surface area contributed by atoms with Gasteiger partial charge in [0.1, 0.15) is 0 Å². The Balaban J connectivity index is 2.23. The zero-order valence-electron chi connectivity index (χ0n) is 9.48. The van der Waals surface area contributed by atoms with Gasteiger partial charge in [0.2, 0.25) is 0 Å². The molecule has 0 spiro atoms. The number of hydrogen-bond donors (Lipinski definition) is 1. The summed E-state index contributed by atoms with van der Waals surface area (Å²) in [6.45, 7) is 9.91. The lowest BCUT2D eigenvalue weighted by atomic mass is 9.84. The monoisotopic (exact) mass is 181 g/mol. The van der Waals surface area contributed by atoms with Gasteiger partial charge in [0.05, 0.1) is 0 Å². The molecule has 0 aliphatic heterocycles. The Morgan fingerprint density at radius 2 is 2.00 bits per heavy atom. The van der Waals surface area contributed by atoms with Crippen molar-refractivity contribution in [2.45, 2.75) is 52.5 Å². The van der Waals surface area contributed by atoms with Crippen molar-refractivity contribution < 1.29 is 0 Å². The van der Waals surface area contributed by atoms with E-state index >= 15 is 0 Å². The summed E-state index contributed by atoms with van der Waals surface area (Å²) in [6.07, 6.45) is 6.70. The molecule has 0 aromatic heterocycles. The molecule has 0 atom stereocenters. The maximum Gasteiger partial charge on any atom is 0.0166 e. The summed E-state index contributed by atoms with van der Waals surface area (Å²) in [5, 5.41) is 3.51. The Morgan fingerprint density at radius 3 is 2.38 bits per heavy atom. The van der Waals surface area contributed by atoms with Crippen LogP contribution < -0.4 is 5.32 Å². The Morgan fingerprint density at radius 1 is 1.38 bits per heavy atom. The summed E-state index contributed by atoms with van der Waals surface area (Å²) >= 11 is 0. The standard InChI is InChI=1S/C12H23N/c1-10(8-11-6-5-7-11)9-13-12(2,3)4/h8,11,13H,5-7,9H2,1-4H3. The highest BCUT2D eigenvalue weighted by Crippen LogP contribution is 2.28. The fourth-order valence-corrected chi connectivity index (χ4v) is 1.47. The van der Waals surface area contributed by atoms with E-state index in [-0.39, 0.29) is 5.54 Å². The van der Waals surface area contributed by atoms with E-state index < -0.39 is 0 Å². The molecule has 1 aliphatic carbocycles. The van der Waals surface area contributed by atoms with Gasteiger partial charge in [-0.3, -0.25) is 0 Å². The van der Waals surface area contributed by atoms with E-state index in [0.29, 0.717) is 0 Å². The number of rotatable bonds is 3. The number of allylic oxidation sites excluding steroid dienone is 1. The molecule has 1 fully saturated rings. The molecule has 13 heavy (non-hydrogen) atoms. The van der Waals surface area contributed by atoms with Gasteiger partial charge in [-0.25, -0.2) is 0 Å². The maximum atomic E-state index is 3.51. The minimum atomic E-state index is 0.245. The van der Waals surface area contributed by atoms with Crippen LogP contribution in [0.25, 0.3) is 0 Å². The van der Waals surface area contributed by atoms with Gasteiger partial charge in [-0.15, -0.1) is 0 Å². The van der Waals surface area contributed by atoms with Gasteiger partial charge >= 0.3 is 0 Å². The third-order valence-corrected chi connectivity index (χ3v) is 2.57. The van der Waals surface area contributed by atoms with Crippen LogP contribution in [0.3, 0.4) is 0 Å². The van der Waals surface area contributed by atoms with E-state index in [1.165, 1.54) is 24.8 Å². The van der Waals surface area contributed by atoms with E-state index in [9.17, 15) is 0 Å². The highest BCUT2D eigenvalue weighted by atomic mass is 14.9. The van der Waals surface area contributed by atoms with Gasteiger partial charge in [-0.1, -0.05) is 18.1 Å². The van der Waals surface area contributed by atoms with Crippen molar-refractivity contribution in [1.29, 1.82) is 0 Å². The molecule has 0 aromatic carbocycles. The van der Waals surface area contributed by atoms with Crippen molar-refractivity contribution in [2.24, 2.45) is 5.92 Å². The largest absolute Gasteiger partial charge is 0.308 e. The quantitative estimate of drug-likeness (QED) is 0.660. The summed E-state index contributed by atoms with van der Waals surface area (Å²) in [5.74, 6) is 0.891. The van der Waals surface area contributed by atoms with E-state index in [2.05, 4.69) is 39.1 Å². The molecular formula is C12H23N.